The van der Waals surface area contributed by atoms with Gasteiger partial charge in [0.1, 0.15) is 0 Å². The van der Waals surface area contributed by atoms with E-state index in [1.54, 1.807) is 18.2 Å². The molecule has 0 saturated carbocycles. The second kappa shape index (κ2) is 9.11. The van der Waals surface area contributed by atoms with Crippen LogP contribution in [-0.2, 0) is 4.79 Å². The van der Waals surface area contributed by atoms with Gasteiger partial charge in [-0.1, -0.05) is 60.1 Å². The molecule has 4 nitrogen and oxygen atoms in total. The summed E-state index contributed by atoms with van der Waals surface area (Å²) in [7, 11) is 3.06. The smallest absolute Gasteiger partial charge is 0.248 e. The highest BCUT2D eigenvalue weighted by atomic mass is 35.5. The third-order valence-electron chi connectivity index (χ3n) is 4.15. The van der Waals surface area contributed by atoms with Crippen LogP contribution in [0.5, 0.6) is 11.5 Å². The molecule has 0 unspecified atom stereocenters. The molecular weight excluding hydrogens is 374 g/mol. The number of anilines is 1. The van der Waals surface area contributed by atoms with E-state index in [4.69, 9.17) is 21.1 Å². The molecule has 5 heteroatoms. The Hall–Kier alpha value is -3.24. The molecule has 3 aromatic carbocycles. The van der Waals surface area contributed by atoms with Gasteiger partial charge in [-0.15, -0.1) is 0 Å². The SMILES string of the molecule is COc1cc(/C=C/C(=O)Nc2ccccc2-c2ccccc2)cc(Cl)c1OC. The minimum Gasteiger partial charge on any atom is -0.493 e. The van der Waals surface area contributed by atoms with Gasteiger partial charge in [0.05, 0.1) is 19.2 Å². The van der Waals surface area contributed by atoms with Gasteiger partial charge in [0, 0.05) is 17.3 Å². The third kappa shape index (κ3) is 4.53. The molecule has 0 heterocycles. The van der Waals surface area contributed by atoms with Crippen molar-refractivity contribution in [3.63, 3.8) is 0 Å². The summed E-state index contributed by atoms with van der Waals surface area (Å²) in [6.45, 7) is 0. The van der Waals surface area contributed by atoms with Gasteiger partial charge in [0.25, 0.3) is 0 Å². The topological polar surface area (TPSA) is 47.6 Å². The van der Waals surface area contributed by atoms with E-state index in [1.165, 1.54) is 20.3 Å². The summed E-state index contributed by atoms with van der Waals surface area (Å²) in [5.41, 5.74) is 3.47. The zero-order valence-corrected chi connectivity index (χ0v) is 16.4. The highest BCUT2D eigenvalue weighted by Crippen LogP contribution is 2.36. The van der Waals surface area contributed by atoms with Crippen molar-refractivity contribution in [2.24, 2.45) is 0 Å². The number of halogens is 1. The van der Waals surface area contributed by atoms with E-state index >= 15 is 0 Å². The van der Waals surface area contributed by atoms with Gasteiger partial charge in [-0.05, 0) is 35.4 Å². The van der Waals surface area contributed by atoms with Crippen LogP contribution in [0.4, 0.5) is 5.69 Å². The van der Waals surface area contributed by atoms with E-state index in [1.807, 2.05) is 54.6 Å². The maximum absolute atomic E-state index is 12.4. The molecular formula is C23H20ClNO3. The second-order valence-electron chi connectivity index (χ2n) is 5.97. The Balaban J connectivity index is 1.80. The molecule has 0 radical (unpaired) electrons. The Labute approximate surface area is 169 Å². The van der Waals surface area contributed by atoms with E-state index in [2.05, 4.69) is 5.32 Å². The molecule has 0 spiro atoms. The Bertz CT molecular complexity index is 1000. The van der Waals surface area contributed by atoms with Crippen molar-refractivity contribution in [2.75, 3.05) is 19.5 Å². The fraction of sp³-hybridized carbons (Fsp3) is 0.0870. The first-order valence-electron chi connectivity index (χ1n) is 8.67. The Kier molecular flexibility index (Phi) is 6.35. The highest BCUT2D eigenvalue weighted by molar-refractivity contribution is 6.32. The third-order valence-corrected chi connectivity index (χ3v) is 4.43. The van der Waals surface area contributed by atoms with Crippen LogP contribution in [0.15, 0.2) is 72.8 Å². The molecule has 0 bridgehead atoms. The quantitative estimate of drug-likeness (QED) is 0.548. The van der Waals surface area contributed by atoms with Crippen molar-refractivity contribution in [1.29, 1.82) is 0 Å². The van der Waals surface area contributed by atoms with E-state index in [0.29, 0.717) is 16.5 Å². The first-order chi connectivity index (χ1) is 13.6. The zero-order chi connectivity index (χ0) is 19.9. The lowest BCUT2D eigenvalue weighted by atomic mass is 10.0. The van der Waals surface area contributed by atoms with E-state index < -0.39 is 0 Å². The number of hydrogen-bond acceptors (Lipinski definition) is 3. The van der Waals surface area contributed by atoms with Crippen LogP contribution < -0.4 is 14.8 Å². The molecule has 0 aromatic heterocycles. The van der Waals surface area contributed by atoms with Gasteiger partial charge in [-0.25, -0.2) is 0 Å². The van der Waals surface area contributed by atoms with Crippen molar-refractivity contribution in [1.82, 2.24) is 0 Å². The lowest BCUT2D eigenvalue weighted by Gasteiger charge is -2.11. The molecule has 0 aliphatic carbocycles. The number of methoxy groups -OCH3 is 2. The molecule has 28 heavy (non-hydrogen) atoms. The lowest BCUT2D eigenvalue weighted by molar-refractivity contribution is -0.111. The monoisotopic (exact) mass is 393 g/mol. The summed E-state index contributed by atoms with van der Waals surface area (Å²) in [5.74, 6) is 0.723. The standard InChI is InChI=1S/C23H20ClNO3/c1-27-21-15-16(14-19(24)23(21)28-2)12-13-22(26)25-20-11-7-6-10-18(20)17-8-4-3-5-9-17/h3-15H,1-2H3,(H,25,26)/b13-12+. The molecule has 0 atom stereocenters. The molecule has 3 aromatic rings. The van der Waals surface area contributed by atoms with Crippen LogP contribution >= 0.6 is 11.6 Å². The Morgan fingerprint density at radius 1 is 0.964 bits per heavy atom. The number of benzene rings is 3. The number of hydrogen-bond donors (Lipinski definition) is 1. The van der Waals surface area contributed by atoms with Gasteiger partial charge in [0.15, 0.2) is 11.5 Å². The minimum atomic E-state index is -0.241. The van der Waals surface area contributed by atoms with E-state index in [9.17, 15) is 4.79 Å². The highest BCUT2D eigenvalue weighted by Gasteiger charge is 2.10. The van der Waals surface area contributed by atoms with Crippen LogP contribution in [-0.4, -0.2) is 20.1 Å². The summed E-state index contributed by atoms with van der Waals surface area (Å²) in [6.07, 6.45) is 3.13. The molecule has 0 aliphatic heterocycles. The minimum absolute atomic E-state index is 0.241. The van der Waals surface area contributed by atoms with Crippen molar-refractivity contribution in [3.8, 4) is 22.6 Å². The van der Waals surface area contributed by atoms with Crippen LogP contribution in [0.3, 0.4) is 0 Å². The van der Waals surface area contributed by atoms with E-state index in [0.717, 1.165) is 22.4 Å². The average molecular weight is 394 g/mol. The predicted molar refractivity (Wildman–Crippen MR) is 114 cm³/mol. The van der Waals surface area contributed by atoms with Gasteiger partial charge in [0.2, 0.25) is 5.91 Å². The van der Waals surface area contributed by atoms with Gasteiger partial charge in [-0.2, -0.15) is 0 Å². The Morgan fingerprint density at radius 3 is 2.39 bits per heavy atom. The number of amides is 1. The fourth-order valence-electron chi connectivity index (χ4n) is 2.84. The fourth-order valence-corrected chi connectivity index (χ4v) is 3.14. The summed E-state index contributed by atoms with van der Waals surface area (Å²) in [5, 5.41) is 3.34. The Morgan fingerprint density at radius 2 is 1.68 bits per heavy atom. The number of ether oxygens (including phenoxy) is 2. The normalized spacial score (nSPS) is 10.7. The van der Waals surface area contributed by atoms with Crippen LogP contribution in [0.1, 0.15) is 5.56 Å². The number of rotatable bonds is 6. The van der Waals surface area contributed by atoms with Crippen molar-refractivity contribution in [3.05, 3.63) is 83.4 Å². The van der Waals surface area contributed by atoms with Crippen molar-refractivity contribution in [2.45, 2.75) is 0 Å². The molecule has 0 fully saturated rings. The lowest BCUT2D eigenvalue weighted by Crippen LogP contribution is -2.08. The van der Waals surface area contributed by atoms with Gasteiger partial charge < -0.3 is 14.8 Å². The predicted octanol–water partition coefficient (Wildman–Crippen LogP) is 5.68. The first kappa shape index (κ1) is 19.5. The molecule has 1 N–H and O–H groups in total. The zero-order valence-electron chi connectivity index (χ0n) is 15.6. The molecule has 142 valence electrons. The summed E-state index contributed by atoms with van der Waals surface area (Å²) in [4.78, 5) is 12.4. The summed E-state index contributed by atoms with van der Waals surface area (Å²) < 4.78 is 10.5. The molecule has 0 aliphatic rings. The number of carbonyl (C=O) groups is 1. The molecule has 0 saturated heterocycles. The van der Waals surface area contributed by atoms with Gasteiger partial charge >= 0.3 is 0 Å². The number of nitrogens with one attached hydrogen (secondary N) is 1. The van der Waals surface area contributed by atoms with Gasteiger partial charge in [-0.3, -0.25) is 4.79 Å². The van der Waals surface area contributed by atoms with Crippen molar-refractivity contribution < 1.29 is 14.3 Å². The number of para-hydroxylation sites is 1. The maximum atomic E-state index is 12.4. The maximum Gasteiger partial charge on any atom is 0.248 e. The first-order valence-corrected chi connectivity index (χ1v) is 9.05. The largest absolute Gasteiger partial charge is 0.493 e. The van der Waals surface area contributed by atoms with E-state index in [-0.39, 0.29) is 5.91 Å². The summed E-state index contributed by atoms with van der Waals surface area (Å²) >= 11 is 6.21. The number of carbonyl (C=O) groups excluding carboxylic acids is 1. The molecule has 3 rings (SSSR count). The average Bonchev–Trinajstić information content (AvgIpc) is 2.73. The second-order valence-corrected chi connectivity index (χ2v) is 6.38. The summed E-state index contributed by atoms with van der Waals surface area (Å²) in [6, 6.07) is 21.1. The van der Waals surface area contributed by atoms with Crippen LogP contribution in [0.2, 0.25) is 5.02 Å². The molecule has 1 amide bonds. The van der Waals surface area contributed by atoms with Crippen LogP contribution in [0, 0.1) is 0 Å². The van der Waals surface area contributed by atoms with Crippen molar-refractivity contribution >= 4 is 29.3 Å². The van der Waals surface area contributed by atoms with Crippen LogP contribution in [0.25, 0.3) is 17.2 Å².